The summed E-state index contributed by atoms with van der Waals surface area (Å²) in [6.45, 7) is 0.504. The summed E-state index contributed by atoms with van der Waals surface area (Å²) in [5.41, 5.74) is -1.35. The highest BCUT2D eigenvalue weighted by Gasteiger charge is 2.19. The van der Waals surface area contributed by atoms with Gasteiger partial charge in [0.15, 0.2) is 0 Å². The van der Waals surface area contributed by atoms with Crippen LogP contribution in [0.15, 0.2) is 47.4 Å². The number of aryl methyl sites for hydroxylation is 1. The minimum atomic E-state index is -0.905. The SMILES string of the molecule is COC(=O)c1cc([N+](=O)[O-])cn(CCCOc2ccccc2)c1=O. The van der Waals surface area contributed by atoms with E-state index in [1.165, 1.54) is 0 Å². The van der Waals surface area contributed by atoms with Gasteiger partial charge in [-0.15, -0.1) is 0 Å². The minimum Gasteiger partial charge on any atom is -0.494 e. The Morgan fingerprint density at radius 1 is 1.29 bits per heavy atom. The summed E-state index contributed by atoms with van der Waals surface area (Å²) in [6, 6.07) is 10.1. The summed E-state index contributed by atoms with van der Waals surface area (Å²) in [4.78, 5) is 34.1. The summed E-state index contributed by atoms with van der Waals surface area (Å²) in [7, 11) is 1.11. The molecule has 0 aliphatic heterocycles. The number of nitro groups is 1. The second-order valence-electron chi connectivity index (χ2n) is 4.87. The lowest BCUT2D eigenvalue weighted by atomic mass is 10.2. The van der Waals surface area contributed by atoms with Crippen molar-refractivity contribution in [3.05, 3.63) is 68.6 Å². The van der Waals surface area contributed by atoms with Crippen molar-refractivity contribution in [2.24, 2.45) is 0 Å². The Morgan fingerprint density at radius 3 is 2.62 bits per heavy atom. The lowest BCUT2D eigenvalue weighted by Gasteiger charge is -2.09. The first-order chi connectivity index (χ1) is 11.5. The smallest absolute Gasteiger partial charge is 0.343 e. The van der Waals surface area contributed by atoms with Gasteiger partial charge in [0.05, 0.1) is 24.8 Å². The number of aromatic nitrogens is 1. The zero-order chi connectivity index (χ0) is 17.5. The fourth-order valence-electron chi connectivity index (χ4n) is 2.08. The van der Waals surface area contributed by atoms with Crippen LogP contribution in [-0.2, 0) is 11.3 Å². The molecule has 0 fully saturated rings. The quantitative estimate of drug-likeness (QED) is 0.333. The molecule has 1 aromatic heterocycles. The van der Waals surface area contributed by atoms with Gasteiger partial charge >= 0.3 is 5.97 Å². The van der Waals surface area contributed by atoms with Gasteiger partial charge in [0.25, 0.3) is 11.2 Å². The predicted octanol–water partition coefficient (Wildman–Crippen LogP) is 2.01. The van der Waals surface area contributed by atoms with Crippen LogP contribution < -0.4 is 10.3 Å². The van der Waals surface area contributed by atoms with Gasteiger partial charge in [-0.25, -0.2) is 4.79 Å². The lowest BCUT2D eigenvalue weighted by molar-refractivity contribution is -0.385. The molecule has 2 rings (SSSR count). The minimum absolute atomic E-state index is 0.178. The van der Waals surface area contributed by atoms with E-state index in [4.69, 9.17) is 4.74 Å². The number of hydrogen-bond acceptors (Lipinski definition) is 6. The highest BCUT2D eigenvalue weighted by molar-refractivity contribution is 5.89. The van der Waals surface area contributed by atoms with Gasteiger partial charge in [0, 0.05) is 12.6 Å². The average molecular weight is 332 g/mol. The molecule has 0 aliphatic carbocycles. The fourth-order valence-corrected chi connectivity index (χ4v) is 2.08. The third-order valence-electron chi connectivity index (χ3n) is 3.24. The molecule has 0 unspecified atom stereocenters. The Balaban J connectivity index is 2.11. The van der Waals surface area contributed by atoms with Gasteiger partial charge in [0.2, 0.25) is 0 Å². The largest absolute Gasteiger partial charge is 0.494 e. The maximum atomic E-state index is 12.2. The van der Waals surface area contributed by atoms with Crippen LogP contribution in [0.3, 0.4) is 0 Å². The number of hydrogen-bond donors (Lipinski definition) is 0. The Hall–Kier alpha value is -3.16. The molecule has 2 aromatic rings. The van der Waals surface area contributed by atoms with Crippen molar-refractivity contribution in [1.29, 1.82) is 0 Å². The summed E-state index contributed by atoms with van der Waals surface area (Å²) in [5, 5.41) is 11.0. The van der Waals surface area contributed by atoms with Gasteiger partial charge in [-0.2, -0.15) is 0 Å². The number of ether oxygens (including phenoxy) is 2. The molecule has 0 saturated heterocycles. The van der Waals surface area contributed by atoms with Gasteiger partial charge < -0.3 is 14.0 Å². The molecule has 0 bridgehead atoms. The summed E-state index contributed by atoms with van der Waals surface area (Å²) >= 11 is 0. The second-order valence-corrected chi connectivity index (χ2v) is 4.87. The first kappa shape index (κ1) is 17.2. The highest BCUT2D eigenvalue weighted by atomic mass is 16.6. The van der Waals surface area contributed by atoms with Crippen LogP contribution in [0.1, 0.15) is 16.8 Å². The normalized spacial score (nSPS) is 10.2. The summed E-state index contributed by atoms with van der Waals surface area (Å²) in [6.07, 6.45) is 1.55. The molecule has 126 valence electrons. The highest BCUT2D eigenvalue weighted by Crippen LogP contribution is 2.12. The third kappa shape index (κ3) is 4.19. The van der Waals surface area contributed by atoms with Crippen LogP contribution in [0.2, 0.25) is 0 Å². The number of carbonyl (C=O) groups excluding carboxylic acids is 1. The van der Waals surface area contributed by atoms with E-state index in [2.05, 4.69) is 4.74 Å². The van der Waals surface area contributed by atoms with E-state index in [1.807, 2.05) is 18.2 Å². The summed E-state index contributed by atoms with van der Waals surface area (Å²) in [5.74, 6) is -0.211. The van der Waals surface area contributed by atoms with Crippen molar-refractivity contribution >= 4 is 11.7 Å². The molecular weight excluding hydrogens is 316 g/mol. The molecule has 0 saturated carbocycles. The first-order valence-electron chi connectivity index (χ1n) is 7.18. The van der Waals surface area contributed by atoms with Crippen LogP contribution in [-0.4, -0.2) is 29.2 Å². The predicted molar refractivity (Wildman–Crippen MR) is 85.2 cm³/mol. The lowest BCUT2D eigenvalue weighted by Crippen LogP contribution is -2.27. The average Bonchev–Trinajstić information content (AvgIpc) is 2.60. The number of nitrogens with zero attached hydrogens (tertiary/aromatic N) is 2. The topological polar surface area (TPSA) is 101 Å². The molecule has 0 amide bonds. The van der Waals surface area contributed by atoms with E-state index >= 15 is 0 Å². The third-order valence-corrected chi connectivity index (χ3v) is 3.24. The van der Waals surface area contributed by atoms with E-state index < -0.39 is 16.5 Å². The molecule has 0 radical (unpaired) electrons. The van der Waals surface area contributed by atoms with Crippen molar-refractivity contribution in [3.63, 3.8) is 0 Å². The number of para-hydroxylation sites is 1. The Labute approximate surface area is 137 Å². The van der Waals surface area contributed by atoms with Crippen molar-refractivity contribution < 1.29 is 19.2 Å². The molecule has 1 heterocycles. The number of esters is 1. The van der Waals surface area contributed by atoms with Crippen molar-refractivity contribution in [3.8, 4) is 5.75 Å². The zero-order valence-electron chi connectivity index (χ0n) is 13.0. The maximum absolute atomic E-state index is 12.2. The van der Waals surface area contributed by atoms with Crippen LogP contribution in [0.5, 0.6) is 5.75 Å². The van der Waals surface area contributed by atoms with Gasteiger partial charge in [0.1, 0.15) is 11.3 Å². The molecule has 24 heavy (non-hydrogen) atoms. The molecule has 8 nitrogen and oxygen atoms in total. The zero-order valence-corrected chi connectivity index (χ0v) is 13.0. The van der Waals surface area contributed by atoms with E-state index in [0.717, 1.165) is 23.9 Å². The standard InChI is InChI=1S/C16H16N2O6/c1-23-16(20)14-10-12(18(21)22)11-17(15(14)19)8-5-9-24-13-6-3-2-4-7-13/h2-4,6-7,10-11H,5,8-9H2,1H3. The van der Waals surface area contributed by atoms with Gasteiger partial charge in [-0.05, 0) is 18.6 Å². The Bertz CT molecular complexity index is 785. The van der Waals surface area contributed by atoms with Crippen LogP contribution in [0, 0.1) is 10.1 Å². The van der Waals surface area contributed by atoms with Crippen molar-refractivity contribution in [2.45, 2.75) is 13.0 Å². The molecule has 0 N–H and O–H groups in total. The maximum Gasteiger partial charge on any atom is 0.343 e. The number of carbonyl (C=O) groups is 1. The van der Waals surface area contributed by atoms with E-state index in [1.54, 1.807) is 12.1 Å². The first-order valence-corrected chi connectivity index (χ1v) is 7.18. The Kier molecular flexibility index (Phi) is 5.67. The molecule has 0 aliphatic rings. The van der Waals surface area contributed by atoms with Crippen molar-refractivity contribution in [2.75, 3.05) is 13.7 Å². The molecule has 0 spiro atoms. The van der Waals surface area contributed by atoms with Crippen molar-refractivity contribution in [1.82, 2.24) is 4.57 Å². The fraction of sp³-hybridized carbons (Fsp3) is 0.250. The van der Waals surface area contributed by atoms with Crippen LogP contribution in [0.25, 0.3) is 0 Å². The molecule has 1 aromatic carbocycles. The van der Waals surface area contributed by atoms with E-state index in [9.17, 15) is 19.7 Å². The van der Waals surface area contributed by atoms with Crippen LogP contribution >= 0.6 is 0 Å². The molecule has 8 heteroatoms. The molecular formula is C16H16N2O6. The van der Waals surface area contributed by atoms with Gasteiger partial charge in [-0.3, -0.25) is 14.9 Å². The molecule has 0 atom stereocenters. The number of pyridine rings is 1. The number of methoxy groups -OCH3 is 1. The number of rotatable bonds is 7. The Morgan fingerprint density at radius 2 is 2.00 bits per heavy atom. The second kappa shape index (κ2) is 7.91. The number of benzene rings is 1. The van der Waals surface area contributed by atoms with E-state index in [-0.39, 0.29) is 17.8 Å². The monoisotopic (exact) mass is 332 g/mol. The van der Waals surface area contributed by atoms with E-state index in [0.29, 0.717) is 18.8 Å². The van der Waals surface area contributed by atoms with Gasteiger partial charge in [-0.1, -0.05) is 18.2 Å². The van der Waals surface area contributed by atoms with Crippen LogP contribution in [0.4, 0.5) is 5.69 Å². The summed E-state index contributed by atoms with van der Waals surface area (Å²) < 4.78 is 11.1.